The first-order valence-corrected chi connectivity index (χ1v) is 11.2. The van der Waals surface area contributed by atoms with E-state index in [-0.39, 0.29) is 12.1 Å². The van der Waals surface area contributed by atoms with Crippen LogP contribution in [-0.4, -0.2) is 26.7 Å². The number of carbonyl (C=O) groups is 1. The van der Waals surface area contributed by atoms with Crippen molar-refractivity contribution >= 4 is 29.4 Å². The van der Waals surface area contributed by atoms with Crippen LogP contribution in [0.2, 0.25) is 0 Å². The van der Waals surface area contributed by atoms with Crippen molar-refractivity contribution in [1.82, 2.24) is 19.5 Å². The maximum atomic E-state index is 12.0. The lowest BCUT2D eigenvalue weighted by molar-refractivity contribution is 0.100. The van der Waals surface area contributed by atoms with Crippen LogP contribution in [0, 0.1) is 0 Å². The van der Waals surface area contributed by atoms with Gasteiger partial charge in [0.2, 0.25) is 0 Å². The van der Waals surface area contributed by atoms with Gasteiger partial charge in [-0.05, 0) is 60.7 Å². The van der Waals surface area contributed by atoms with Crippen LogP contribution in [0.25, 0.3) is 0 Å². The van der Waals surface area contributed by atoms with E-state index in [2.05, 4.69) is 20.1 Å². The molecule has 3 aromatic rings. The number of nitrogens with two attached hydrogens (primary N) is 2. The van der Waals surface area contributed by atoms with Gasteiger partial charge in [0.05, 0.1) is 6.04 Å². The smallest absolute Gasteiger partial charge is 0.254 e. The minimum absolute atomic E-state index is 0.0395. The summed E-state index contributed by atoms with van der Waals surface area (Å²) in [7, 11) is 0. The SMILES string of the molecule is NC(=O)c1cn(C2CCCCC2N)nc1Nc1ccc(SNCc2cccnc2)cc1. The lowest BCUT2D eigenvalue weighted by Crippen LogP contribution is -2.35. The van der Waals surface area contributed by atoms with E-state index in [0.717, 1.165) is 48.4 Å². The third kappa shape index (κ3) is 5.43. The van der Waals surface area contributed by atoms with Gasteiger partial charge in [0.1, 0.15) is 5.56 Å². The molecule has 1 aliphatic carbocycles. The van der Waals surface area contributed by atoms with Crippen molar-refractivity contribution in [2.45, 2.75) is 49.2 Å². The van der Waals surface area contributed by atoms with Crippen LogP contribution in [0.15, 0.2) is 59.9 Å². The Morgan fingerprint density at radius 2 is 2.00 bits per heavy atom. The first kappa shape index (κ1) is 21.4. The zero-order valence-electron chi connectivity index (χ0n) is 17.2. The summed E-state index contributed by atoms with van der Waals surface area (Å²) in [6, 6.07) is 12.0. The number of primary amides is 1. The molecule has 4 rings (SSSR count). The third-order valence-electron chi connectivity index (χ3n) is 5.42. The molecule has 1 aliphatic rings. The van der Waals surface area contributed by atoms with E-state index < -0.39 is 5.91 Å². The average Bonchev–Trinajstić information content (AvgIpc) is 3.20. The molecule has 2 heterocycles. The van der Waals surface area contributed by atoms with Gasteiger partial charge in [0.25, 0.3) is 5.91 Å². The van der Waals surface area contributed by atoms with E-state index in [1.54, 1.807) is 29.0 Å². The molecule has 0 spiro atoms. The number of hydrogen-bond acceptors (Lipinski definition) is 7. The van der Waals surface area contributed by atoms with Crippen LogP contribution in [0.1, 0.15) is 47.6 Å². The van der Waals surface area contributed by atoms with Crippen LogP contribution in [0.5, 0.6) is 0 Å². The van der Waals surface area contributed by atoms with E-state index >= 15 is 0 Å². The molecule has 0 saturated heterocycles. The molecule has 9 heteroatoms. The van der Waals surface area contributed by atoms with Crippen molar-refractivity contribution in [3.8, 4) is 0 Å². The Morgan fingerprint density at radius 3 is 2.71 bits per heavy atom. The van der Waals surface area contributed by atoms with Gasteiger partial charge in [0, 0.05) is 41.8 Å². The predicted molar refractivity (Wildman–Crippen MR) is 123 cm³/mol. The van der Waals surface area contributed by atoms with Crippen molar-refractivity contribution in [2.75, 3.05) is 5.32 Å². The predicted octanol–water partition coefficient (Wildman–Crippen LogP) is 3.36. The van der Waals surface area contributed by atoms with Crippen LogP contribution in [0.4, 0.5) is 11.5 Å². The van der Waals surface area contributed by atoms with Crippen molar-refractivity contribution < 1.29 is 4.79 Å². The Balaban J connectivity index is 1.40. The highest BCUT2D eigenvalue weighted by atomic mass is 32.2. The van der Waals surface area contributed by atoms with Gasteiger partial charge in [-0.2, -0.15) is 5.10 Å². The zero-order valence-corrected chi connectivity index (χ0v) is 18.0. The van der Waals surface area contributed by atoms with E-state index in [4.69, 9.17) is 11.5 Å². The van der Waals surface area contributed by atoms with Crippen LogP contribution >= 0.6 is 11.9 Å². The number of rotatable bonds is 8. The molecule has 1 aromatic carbocycles. The molecule has 1 saturated carbocycles. The Labute approximate surface area is 185 Å². The second-order valence-corrected chi connectivity index (χ2v) is 8.65. The van der Waals surface area contributed by atoms with Crippen molar-refractivity contribution in [2.24, 2.45) is 11.5 Å². The number of nitrogens with zero attached hydrogens (tertiary/aromatic N) is 3. The molecule has 2 unspecified atom stereocenters. The Morgan fingerprint density at radius 1 is 1.19 bits per heavy atom. The average molecular weight is 438 g/mol. The first-order valence-electron chi connectivity index (χ1n) is 10.4. The second kappa shape index (κ2) is 9.95. The summed E-state index contributed by atoms with van der Waals surface area (Å²) >= 11 is 1.55. The van der Waals surface area contributed by atoms with Crippen molar-refractivity contribution in [3.63, 3.8) is 0 Å². The summed E-state index contributed by atoms with van der Waals surface area (Å²) in [6.07, 6.45) is 9.49. The highest BCUT2D eigenvalue weighted by molar-refractivity contribution is 7.97. The number of nitrogens with one attached hydrogen (secondary N) is 2. The van der Waals surface area contributed by atoms with Crippen molar-refractivity contribution in [3.05, 3.63) is 66.1 Å². The molecular formula is C22H27N7OS. The van der Waals surface area contributed by atoms with Gasteiger partial charge >= 0.3 is 0 Å². The summed E-state index contributed by atoms with van der Waals surface area (Å²) in [5, 5.41) is 7.83. The minimum atomic E-state index is -0.509. The normalized spacial score (nSPS) is 18.6. The highest BCUT2D eigenvalue weighted by Crippen LogP contribution is 2.29. The number of aromatic nitrogens is 3. The number of hydrogen-bond donors (Lipinski definition) is 4. The molecule has 1 amide bonds. The Hall–Kier alpha value is -2.88. The van der Waals surface area contributed by atoms with E-state index in [1.165, 1.54) is 0 Å². The first-order chi connectivity index (χ1) is 15.1. The fraction of sp³-hybridized carbons (Fsp3) is 0.318. The molecular weight excluding hydrogens is 410 g/mol. The van der Waals surface area contributed by atoms with Gasteiger partial charge in [-0.3, -0.25) is 19.2 Å². The Kier molecular flexibility index (Phi) is 6.86. The summed E-state index contributed by atoms with van der Waals surface area (Å²) in [4.78, 5) is 17.1. The number of anilines is 2. The molecule has 1 fully saturated rings. The lowest BCUT2D eigenvalue weighted by Gasteiger charge is -2.28. The van der Waals surface area contributed by atoms with E-state index in [1.807, 2.05) is 42.6 Å². The Bertz CT molecular complexity index is 1010. The van der Waals surface area contributed by atoms with Crippen LogP contribution < -0.4 is 21.5 Å². The van der Waals surface area contributed by atoms with Gasteiger partial charge in [-0.25, -0.2) is 0 Å². The van der Waals surface area contributed by atoms with Crippen LogP contribution in [-0.2, 0) is 6.54 Å². The monoisotopic (exact) mass is 437 g/mol. The molecule has 6 N–H and O–H groups in total. The maximum Gasteiger partial charge on any atom is 0.254 e. The van der Waals surface area contributed by atoms with Gasteiger partial charge in [0.15, 0.2) is 5.82 Å². The topological polar surface area (TPSA) is 124 Å². The largest absolute Gasteiger partial charge is 0.365 e. The lowest BCUT2D eigenvalue weighted by atomic mass is 9.91. The fourth-order valence-electron chi connectivity index (χ4n) is 3.75. The quantitative estimate of drug-likeness (QED) is 0.398. The van der Waals surface area contributed by atoms with Gasteiger partial charge in [-0.15, -0.1) is 0 Å². The van der Waals surface area contributed by atoms with Crippen molar-refractivity contribution in [1.29, 1.82) is 0 Å². The standard InChI is InChI=1S/C22H27N7OS/c23-19-5-1-2-6-20(19)29-14-18(21(24)30)22(28-29)27-16-7-9-17(10-8-16)31-26-13-15-4-3-11-25-12-15/h3-4,7-12,14,19-20,26H,1-2,5-6,13,23H2,(H2,24,30)(H,27,28). The molecule has 0 radical (unpaired) electrons. The minimum Gasteiger partial charge on any atom is -0.365 e. The van der Waals surface area contributed by atoms with Gasteiger partial charge < -0.3 is 16.8 Å². The number of amides is 1. The highest BCUT2D eigenvalue weighted by Gasteiger charge is 2.26. The van der Waals surface area contributed by atoms with E-state index in [0.29, 0.717) is 11.4 Å². The molecule has 2 atom stereocenters. The summed E-state index contributed by atoms with van der Waals surface area (Å²) < 4.78 is 5.13. The van der Waals surface area contributed by atoms with Gasteiger partial charge in [-0.1, -0.05) is 18.9 Å². The zero-order chi connectivity index (χ0) is 21.6. The van der Waals surface area contributed by atoms with E-state index in [9.17, 15) is 4.79 Å². The molecule has 162 valence electrons. The molecule has 8 nitrogen and oxygen atoms in total. The summed E-state index contributed by atoms with van der Waals surface area (Å²) in [5.41, 5.74) is 14.2. The molecule has 31 heavy (non-hydrogen) atoms. The van der Waals surface area contributed by atoms with Crippen LogP contribution in [0.3, 0.4) is 0 Å². The third-order valence-corrected chi connectivity index (χ3v) is 6.22. The molecule has 2 aromatic heterocycles. The number of benzene rings is 1. The molecule has 0 aliphatic heterocycles. The second-order valence-electron chi connectivity index (χ2n) is 7.69. The summed E-state index contributed by atoms with van der Waals surface area (Å²) in [6.45, 7) is 0.723. The number of pyridine rings is 1. The molecule has 0 bridgehead atoms. The fourth-order valence-corrected chi connectivity index (χ4v) is 4.43. The maximum absolute atomic E-state index is 12.0. The number of carbonyl (C=O) groups excluding carboxylic acids is 1. The summed E-state index contributed by atoms with van der Waals surface area (Å²) in [5.74, 6) is -0.0507.